The van der Waals surface area contributed by atoms with E-state index in [1.54, 1.807) is 41.3 Å². The Morgan fingerprint density at radius 3 is 2.51 bits per heavy atom. The van der Waals surface area contributed by atoms with Crippen LogP contribution < -0.4 is 10.6 Å². The molecule has 1 atom stereocenters. The maximum absolute atomic E-state index is 13.0. The molecule has 0 spiro atoms. The molecule has 2 aromatic carbocycles. The molecule has 1 saturated heterocycles. The number of aryl methyl sites for hydroxylation is 1. The van der Waals surface area contributed by atoms with Crippen molar-refractivity contribution in [1.82, 2.24) is 25.0 Å². The minimum Gasteiger partial charge on any atom is -0.378 e. The summed E-state index contributed by atoms with van der Waals surface area (Å²) in [5, 5.41) is 15.3. The van der Waals surface area contributed by atoms with Crippen LogP contribution in [-0.4, -0.2) is 69.4 Å². The fraction of sp³-hybridized carbons (Fsp3) is 0.367. The van der Waals surface area contributed by atoms with E-state index >= 15 is 0 Å². The van der Waals surface area contributed by atoms with Crippen molar-refractivity contribution in [2.75, 3.05) is 37.4 Å². The van der Waals surface area contributed by atoms with Gasteiger partial charge >= 0.3 is 0 Å². The second-order valence-electron chi connectivity index (χ2n) is 10.1. The number of ether oxygens (including phenoxy) is 1. The zero-order valence-electron chi connectivity index (χ0n) is 23.6. The van der Waals surface area contributed by atoms with Gasteiger partial charge in [0.05, 0.1) is 25.0 Å². The number of carbonyl (C=O) groups excluding carboxylic acids is 3. The lowest BCUT2D eigenvalue weighted by molar-refractivity contribution is -0.113. The Balaban J connectivity index is 1.42. The van der Waals surface area contributed by atoms with Crippen LogP contribution in [0.4, 0.5) is 5.69 Å². The zero-order valence-corrected chi connectivity index (χ0v) is 24.4. The van der Waals surface area contributed by atoms with Crippen molar-refractivity contribution in [2.45, 2.75) is 38.5 Å². The molecule has 4 rings (SSSR count). The number of carbonyl (C=O) groups is 3. The quantitative estimate of drug-likeness (QED) is 0.261. The summed E-state index contributed by atoms with van der Waals surface area (Å²) < 4.78 is 7.19. The molecule has 2 N–H and O–H groups in total. The van der Waals surface area contributed by atoms with Crippen LogP contribution in [0.1, 0.15) is 52.0 Å². The first-order chi connectivity index (χ1) is 19.8. The van der Waals surface area contributed by atoms with Gasteiger partial charge in [-0.15, -0.1) is 16.8 Å². The highest BCUT2D eigenvalue weighted by Crippen LogP contribution is 2.26. The summed E-state index contributed by atoms with van der Waals surface area (Å²) in [5.74, 6) is 0.192. The minimum atomic E-state index is -0.398. The zero-order chi connectivity index (χ0) is 29.4. The highest BCUT2D eigenvalue weighted by atomic mass is 32.2. The van der Waals surface area contributed by atoms with Crippen molar-refractivity contribution in [3.05, 3.63) is 83.7 Å². The molecule has 0 saturated carbocycles. The SMILES string of the molecule is C=CCn1c(SCC(=O)Nc2cccc(C(=O)N3CCOCC3)c2)nnc1[C@@H](NC(=O)c1cccc(C)c1)C(C)C. The minimum absolute atomic E-state index is 0.0325. The molecule has 1 aliphatic heterocycles. The lowest BCUT2D eigenvalue weighted by Crippen LogP contribution is -2.40. The first kappa shape index (κ1) is 30.0. The number of nitrogens with zero attached hydrogens (tertiary/aromatic N) is 4. The van der Waals surface area contributed by atoms with Gasteiger partial charge in [0.1, 0.15) is 0 Å². The summed E-state index contributed by atoms with van der Waals surface area (Å²) in [6.45, 7) is 12.4. The third-order valence-electron chi connectivity index (χ3n) is 6.59. The number of benzene rings is 2. The van der Waals surface area contributed by atoms with Crippen LogP contribution in [0, 0.1) is 12.8 Å². The largest absolute Gasteiger partial charge is 0.378 e. The van der Waals surface area contributed by atoms with E-state index in [1.807, 2.05) is 43.5 Å². The monoisotopic (exact) mass is 576 g/mol. The molecule has 1 aromatic heterocycles. The molecule has 1 aliphatic rings. The summed E-state index contributed by atoms with van der Waals surface area (Å²) in [4.78, 5) is 40.4. The van der Waals surface area contributed by atoms with E-state index in [0.717, 1.165) is 5.56 Å². The van der Waals surface area contributed by atoms with E-state index in [4.69, 9.17) is 4.74 Å². The summed E-state index contributed by atoms with van der Waals surface area (Å²) in [5.41, 5.74) is 2.63. The molecule has 11 heteroatoms. The summed E-state index contributed by atoms with van der Waals surface area (Å²) >= 11 is 1.24. The van der Waals surface area contributed by atoms with Gasteiger partial charge in [0, 0.05) is 36.4 Å². The molecule has 41 heavy (non-hydrogen) atoms. The molecule has 1 fully saturated rings. The van der Waals surface area contributed by atoms with Gasteiger partial charge in [0.2, 0.25) is 5.91 Å². The Morgan fingerprint density at radius 1 is 1.07 bits per heavy atom. The Hall–Kier alpha value is -3.96. The number of aromatic nitrogens is 3. The Kier molecular flexibility index (Phi) is 10.3. The summed E-state index contributed by atoms with van der Waals surface area (Å²) in [6, 6.07) is 13.9. The predicted octanol–water partition coefficient (Wildman–Crippen LogP) is 4.10. The van der Waals surface area contributed by atoms with Gasteiger partial charge in [0.25, 0.3) is 11.8 Å². The first-order valence-corrected chi connectivity index (χ1v) is 14.6. The number of rotatable bonds is 11. The van der Waals surface area contributed by atoms with E-state index in [0.29, 0.717) is 60.6 Å². The molecular weight excluding hydrogens is 540 g/mol. The Morgan fingerprint density at radius 2 is 1.80 bits per heavy atom. The third kappa shape index (κ3) is 7.83. The molecular formula is C30H36N6O4S. The van der Waals surface area contributed by atoms with Crippen LogP contribution in [0.3, 0.4) is 0 Å². The molecule has 3 aromatic rings. The smallest absolute Gasteiger partial charge is 0.254 e. The molecule has 2 heterocycles. The number of allylic oxidation sites excluding steroid dienone is 1. The molecule has 0 unspecified atom stereocenters. The second-order valence-corrected chi connectivity index (χ2v) is 11.1. The number of nitrogens with one attached hydrogen (secondary N) is 2. The number of thioether (sulfide) groups is 1. The van der Waals surface area contributed by atoms with Gasteiger partial charge in [-0.05, 0) is 43.2 Å². The van der Waals surface area contributed by atoms with Crippen molar-refractivity contribution >= 4 is 35.2 Å². The van der Waals surface area contributed by atoms with E-state index < -0.39 is 6.04 Å². The number of morpholine rings is 1. The van der Waals surface area contributed by atoms with E-state index in [1.165, 1.54) is 11.8 Å². The predicted molar refractivity (Wildman–Crippen MR) is 159 cm³/mol. The van der Waals surface area contributed by atoms with Crippen LogP contribution in [-0.2, 0) is 16.1 Å². The van der Waals surface area contributed by atoms with Crippen LogP contribution in [0.15, 0.2) is 66.3 Å². The standard InChI is InChI=1S/C30H36N6O4S/c1-5-12-36-27(26(20(2)3)32-28(38)22-9-6-8-21(4)17-22)33-34-30(36)41-19-25(37)31-24-11-7-10-23(18-24)29(39)35-13-15-40-16-14-35/h5-11,17-18,20,26H,1,12-16,19H2,2-4H3,(H,31,37)(H,32,38)/t26-/m0/s1. The molecule has 0 radical (unpaired) electrons. The lowest BCUT2D eigenvalue weighted by atomic mass is 10.0. The number of anilines is 1. The average Bonchev–Trinajstić information content (AvgIpc) is 3.36. The van der Waals surface area contributed by atoms with Crippen molar-refractivity contribution in [1.29, 1.82) is 0 Å². The van der Waals surface area contributed by atoms with Gasteiger partial charge in [0.15, 0.2) is 11.0 Å². The van der Waals surface area contributed by atoms with Gasteiger partial charge < -0.3 is 24.8 Å². The number of amides is 3. The lowest BCUT2D eigenvalue weighted by Gasteiger charge is -2.27. The van der Waals surface area contributed by atoms with E-state index in [2.05, 4.69) is 27.4 Å². The van der Waals surface area contributed by atoms with Gasteiger partial charge in [-0.1, -0.05) is 55.4 Å². The van der Waals surface area contributed by atoms with E-state index in [-0.39, 0.29) is 29.4 Å². The summed E-state index contributed by atoms with van der Waals surface area (Å²) in [7, 11) is 0. The van der Waals surface area contributed by atoms with Crippen LogP contribution >= 0.6 is 11.8 Å². The average molecular weight is 577 g/mol. The fourth-order valence-electron chi connectivity index (χ4n) is 4.48. The highest BCUT2D eigenvalue weighted by molar-refractivity contribution is 7.99. The molecule has 216 valence electrons. The van der Waals surface area contributed by atoms with Crippen LogP contribution in [0.5, 0.6) is 0 Å². The maximum atomic E-state index is 13.0. The van der Waals surface area contributed by atoms with Crippen molar-refractivity contribution in [3.8, 4) is 0 Å². The highest BCUT2D eigenvalue weighted by Gasteiger charge is 2.26. The number of hydrogen-bond donors (Lipinski definition) is 2. The number of hydrogen-bond acceptors (Lipinski definition) is 7. The van der Waals surface area contributed by atoms with Crippen molar-refractivity contribution in [3.63, 3.8) is 0 Å². The third-order valence-corrected chi connectivity index (χ3v) is 7.56. The summed E-state index contributed by atoms with van der Waals surface area (Å²) in [6.07, 6.45) is 1.73. The first-order valence-electron chi connectivity index (χ1n) is 13.6. The van der Waals surface area contributed by atoms with Crippen LogP contribution in [0.2, 0.25) is 0 Å². The Labute approximate surface area is 244 Å². The molecule has 10 nitrogen and oxygen atoms in total. The van der Waals surface area contributed by atoms with Gasteiger partial charge in [-0.3, -0.25) is 14.4 Å². The maximum Gasteiger partial charge on any atom is 0.254 e. The normalized spacial score (nSPS) is 14.0. The van der Waals surface area contributed by atoms with Crippen molar-refractivity contribution in [2.24, 2.45) is 5.92 Å². The fourth-order valence-corrected chi connectivity index (χ4v) is 5.24. The molecule has 0 bridgehead atoms. The van der Waals surface area contributed by atoms with E-state index in [9.17, 15) is 14.4 Å². The second kappa shape index (κ2) is 14.1. The van der Waals surface area contributed by atoms with Crippen molar-refractivity contribution < 1.29 is 19.1 Å². The van der Waals surface area contributed by atoms with Gasteiger partial charge in [-0.25, -0.2) is 0 Å². The molecule has 0 aliphatic carbocycles. The topological polar surface area (TPSA) is 118 Å². The van der Waals surface area contributed by atoms with Gasteiger partial charge in [-0.2, -0.15) is 0 Å². The Bertz CT molecular complexity index is 1400. The molecule has 3 amide bonds. The van der Waals surface area contributed by atoms with Crippen LogP contribution in [0.25, 0.3) is 0 Å².